The highest BCUT2D eigenvalue weighted by atomic mass is 16.5. The summed E-state index contributed by atoms with van der Waals surface area (Å²) in [5.41, 5.74) is 6.77. The van der Waals surface area contributed by atoms with Crippen molar-refractivity contribution in [2.45, 2.75) is 25.8 Å². The SMILES string of the molecule is CCOC(=O)/C=C/c1ccc(C(Cc2ccccc2)c2nc3ccccc3n2Cc2ccccc2)cc1. The van der Waals surface area contributed by atoms with Crippen molar-refractivity contribution in [2.24, 2.45) is 0 Å². The van der Waals surface area contributed by atoms with E-state index < -0.39 is 0 Å². The van der Waals surface area contributed by atoms with E-state index in [1.807, 2.05) is 30.3 Å². The van der Waals surface area contributed by atoms with Crippen LogP contribution in [0.25, 0.3) is 17.1 Å². The minimum atomic E-state index is -0.330. The highest BCUT2D eigenvalue weighted by Gasteiger charge is 2.23. The Hall–Kier alpha value is -4.44. The van der Waals surface area contributed by atoms with Crippen LogP contribution in [0, 0.1) is 0 Å². The number of carbonyl (C=O) groups is 1. The average Bonchev–Trinajstić information content (AvgIpc) is 3.30. The van der Waals surface area contributed by atoms with Crippen LogP contribution in [0.4, 0.5) is 0 Å². The van der Waals surface area contributed by atoms with E-state index >= 15 is 0 Å². The van der Waals surface area contributed by atoms with Gasteiger partial charge >= 0.3 is 5.97 Å². The Balaban J connectivity index is 1.56. The van der Waals surface area contributed by atoms with Crippen LogP contribution in [0.1, 0.15) is 40.9 Å². The Morgan fingerprint density at radius 1 is 0.838 bits per heavy atom. The maximum absolute atomic E-state index is 11.7. The molecule has 0 aliphatic rings. The number of para-hydroxylation sites is 2. The predicted molar refractivity (Wildman–Crippen MR) is 149 cm³/mol. The van der Waals surface area contributed by atoms with Gasteiger partial charge in [0.2, 0.25) is 0 Å². The minimum absolute atomic E-state index is 0.0570. The van der Waals surface area contributed by atoms with Crippen LogP contribution in [0.15, 0.2) is 115 Å². The number of hydrogen-bond acceptors (Lipinski definition) is 3. The normalized spacial score (nSPS) is 12.1. The maximum atomic E-state index is 11.7. The van der Waals surface area contributed by atoms with Crippen LogP contribution in [0.2, 0.25) is 0 Å². The summed E-state index contributed by atoms with van der Waals surface area (Å²) in [6.07, 6.45) is 4.09. The molecule has 0 bridgehead atoms. The maximum Gasteiger partial charge on any atom is 0.330 e. The molecule has 0 saturated carbocycles. The zero-order valence-corrected chi connectivity index (χ0v) is 21.0. The molecular weight excluding hydrogens is 456 g/mol. The molecular formula is C33H30N2O2. The van der Waals surface area contributed by atoms with Crippen molar-refractivity contribution in [3.63, 3.8) is 0 Å². The molecule has 0 N–H and O–H groups in total. The lowest BCUT2D eigenvalue weighted by Crippen LogP contribution is -2.14. The summed E-state index contributed by atoms with van der Waals surface area (Å²) in [5.74, 6) is 0.772. The summed E-state index contributed by atoms with van der Waals surface area (Å²) in [6, 6.07) is 37.8. The van der Waals surface area contributed by atoms with Gasteiger partial charge in [-0.15, -0.1) is 0 Å². The third-order valence-corrected chi connectivity index (χ3v) is 6.50. The molecule has 0 fully saturated rings. The Morgan fingerprint density at radius 3 is 2.19 bits per heavy atom. The van der Waals surface area contributed by atoms with Crippen LogP contribution in [-0.4, -0.2) is 22.1 Å². The number of carbonyl (C=O) groups excluding carboxylic acids is 1. The van der Waals surface area contributed by atoms with E-state index in [1.54, 1.807) is 13.0 Å². The molecule has 0 amide bonds. The first-order chi connectivity index (χ1) is 18.2. The highest BCUT2D eigenvalue weighted by Crippen LogP contribution is 2.32. The van der Waals surface area contributed by atoms with Gasteiger partial charge in [0.05, 0.1) is 17.6 Å². The molecule has 5 rings (SSSR count). The molecule has 0 aliphatic heterocycles. The summed E-state index contributed by atoms with van der Waals surface area (Å²) in [4.78, 5) is 16.9. The molecule has 0 saturated heterocycles. The van der Waals surface area contributed by atoms with Gasteiger partial charge in [-0.2, -0.15) is 0 Å². The van der Waals surface area contributed by atoms with Gasteiger partial charge in [0, 0.05) is 18.5 Å². The lowest BCUT2D eigenvalue weighted by atomic mass is 9.90. The van der Waals surface area contributed by atoms with Gasteiger partial charge in [0.1, 0.15) is 5.82 Å². The molecule has 1 atom stereocenters. The molecule has 4 heteroatoms. The molecule has 4 nitrogen and oxygen atoms in total. The van der Waals surface area contributed by atoms with Gasteiger partial charge in [-0.05, 0) is 53.8 Å². The Bertz CT molecular complexity index is 1490. The molecule has 0 spiro atoms. The topological polar surface area (TPSA) is 44.1 Å². The van der Waals surface area contributed by atoms with E-state index in [9.17, 15) is 4.79 Å². The second kappa shape index (κ2) is 11.5. The van der Waals surface area contributed by atoms with Gasteiger partial charge in [0.15, 0.2) is 0 Å². The van der Waals surface area contributed by atoms with Crippen molar-refractivity contribution in [1.82, 2.24) is 9.55 Å². The Kier molecular flexibility index (Phi) is 7.56. The summed E-state index contributed by atoms with van der Waals surface area (Å²) < 4.78 is 7.36. The van der Waals surface area contributed by atoms with Crippen molar-refractivity contribution < 1.29 is 9.53 Å². The molecule has 184 valence electrons. The van der Waals surface area contributed by atoms with Crippen molar-refractivity contribution in [3.8, 4) is 0 Å². The molecule has 0 radical (unpaired) electrons. The number of imidazole rings is 1. The van der Waals surface area contributed by atoms with E-state index in [2.05, 4.69) is 83.4 Å². The van der Waals surface area contributed by atoms with Crippen LogP contribution in [-0.2, 0) is 22.5 Å². The number of hydrogen-bond donors (Lipinski definition) is 0. The fourth-order valence-corrected chi connectivity index (χ4v) is 4.69. The molecule has 1 unspecified atom stereocenters. The quantitative estimate of drug-likeness (QED) is 0.166. The molecule has 37 heavy (non-hydrogen) atoms. The van der Waals surface area contributed by atoms with Gasteiger partial charge in [-0.3, -0.25) is 0 Å². The minimum Gasteiger partial charge on any atom is -0.463 e. The largest absolute Gasteiger partial charge is 0.463 e. The third kappa shape index (κ3) is 5.87. The van der Waals surface area contributed by atoms with Crippen molar-refractivity contribution in [3.05, 3.63) is 143 Å². The van der Waals surface area contributed by atoms with Crippen molar-refractivity contribution >= 4 is 23.1 Å². The highest BCUT2D eigenvalue weighted by molar-refractivity contribution is 5.87. The van der Waals surface area contributed by atoms with Crippen molar-refractivity contribution in [2.75, 3.05) is 6.61 Å². The number of ether oxygens (including phenoxy) is 1. The van der Waals surface area contributed by atoms with Gasteiger partial charge in [-0.1, -0.05) is 97.1 Å². The monoisotopic (exact) mass is 486 g/mol. The van der Waals surface area contributed by atoms with Gasteiger partial charge in [0.25, 0.3) is 0 Å². The van der Waals surface area contributed by atoms with Crippen LogP contribution in [0.3, 0.4) is 0 Å². The summed E-state index contributed by atoms with van der Waals surface area (Å²) in [7, 11) is 0. The second-order valence-corrected chi connectivity index (χ2v) is 9.02. The number of nitrogens with zero attached hydrogens (tertiary/aromatic N) is 2. The van der Waals surface area contributed by atoms with Gasteiger partial charge < -0.3 is 9.30 Å². The Morgan fingerprint density at radius 2 is 1.49 bits per heavy atom. The van der Waals surface area contributed by atoms with Crippen molar-refractivity contribution in [1.29, 1.82) is 0 Å². The number of rotatable bonds is 9. The second-order valence-electron chi connectivity index (χ2n) is 9.02. The first kappa shape index (κ1) is 24.3. The number of aromatic nitrogens is 2. The Labute approximate surface area is 217 Å². The molecule has 5 aromatic rings. The number of benzene rings is 4. The van der Waals surface area contributed by atoms with Crippen LogP contribution in [0.5, 0.6) is 0 Å². The first-order valence-corrected chi connectivity index (χ1v) is 12.7. The van der Waals surface area contributed by atoms with E-state index in [0.29, 0.717) is 6.61 Å². The average molecular weight is 487 g/mol. The number of fused-ring (bicyclic) bond motifs is 1. The summed E-state index contributed by atoms with van der Waals surface area (Å²) >= 11 is 0. The van der Waals surface area contributed by atoms with E-state index in [1.165, 1.54) is 22.8 Å². The van der Waals surface area contributed by atoms with E-state index in [-0.39, 0.29) is 11.9 Å². The first-order valence-electron chi connectivity index (χ1n) is 12.7. The predicted octanol–water partition coefficient (Wildman–Crippen LogP) is 7.04. The number of esters is 1. The fraction of sp³-hybridized carbons (Fsp3) is 0.152. The zero-order chi connectivity index (χ0) is 25.5. The molecule has 0 aliphatic carbocycles. The summed E-state index contributed by atoms with van der Waals surface area (Å²) in [5, 5.41) is 0. The molecule has 4 aromatic carbocycles. The molecule has 1 heterocycles. The standard InChI is InChI=1S/C33H30N2O2/c1-2-37-32(36)22-19-25-17-20-28(21-18-25)29(23-26-11-5-3-6-12-26)33-34-30-15-9-10-16-31(30)35(33)24-27-13-7-4-8-14-27/h3-22,29H,2,23-24H2,1H3/b22-19+. The fourth-order valence-electron chi connectivity index (χ4n) is 4.69. The lowest BCUT2D eigenvalue weighted by Gasteiger charge is -2.20. The lowest BCUT2D eigenvalue weighted by molar-refractivity contribution is -0.137. The van der Waals surface area contributed by atoms with E-state index in [0.717, 1.165) is 35.4 Å². The smallest absolute Gasteiger partial charge is 0.330 e. The van der Waals surface area contributed by atoms with E-state index in [4.69, 9.17) is 9.72 Å². The third-order valence-electron chi connectivity index (χ3n) is 6.50. The molecule has 1 aromatic heterocycles. The van der Waals surface area contributed by atoms with Crippen LogP contribution >= 0.6 is 0 Å². The van der Waals surface area contributed by atoms with Gasteiger partial charge in [-0.25, -0.2) is 9.78 Å². The summed E-state index contributed by atoms with van der Waals surface area (Å²) in [6.45, 7) is 2.92. The van der Waals surface area contributed by atoms with Crippen LogP contribution < -0.4 is 0 Å². The zero-order valence-electron chi connectivity index (χ0n) is 21.0.